The van der Waals surface area contributed by atoms with Crippen molar-refractivity contribution in [2.45, 2.75) is 46.2 Å². The Bertz CT molecular complexity index is 1230. The summed E-state index contributed by atoms with van der Waals surface area (Å²) in [4.78, 5) is 25.9. The minimum Gasteiger partial charge on any atom is -0.463 e. The number of nitrogens with one attached hydrogen (secondary N) is 1. The number of hydrogen-bond donors (Lipinski definition) is 1. The standard InChI is InChI=1S/C22H24N4O3/c1-4-15-6-8-16(9-7-15)13-23-21(27)17(5-2)26-22(28)19-12-20-18(10-11-29-20)25(19)14(3)24-26/h6-12,17H,4-5,13H2,1-3H3,(H,23,27). The molecule has 4 aromatic rings. The van der Waals surface area contributed by atoms with Crippen LogP contribution in [-0.2, 0) is 17.8 Å². The molecule has 0 aliphatic carbocycles. The lowest BCUT2D eigenvalue weighted by molar-refractivity contribution is -0.125. The van der Waals surface area contributed by atoms with E-state index in [1.165, 1.54) is 10.2 Å². The van der Waals surface area contributed by atoms with Gasteiger partial charge in [-0.15, -0.1) is 0 Å². The average Bonchev–Trinajstić information content (AvgIpc) is 3.32. The molecular formula is C22H24N4O3. The van der Waals surface area contributed by atoms with Gasteiger partial charge in [0.05, 0.1) is 11.8 Å². The summed E-state index contributed by atoms with van der Waals surface area (Å²) in [6.45, 7) is 6.20. The zero-order valence-electron chi connectivity index (χ0n) is 16.8. The van der Waals surface area contributed by atoms with Crippen molar-refractivity contribution in [3.63, 3.8) is 0 Å². The Morgan fingerprint density at radius 3 is 2.55 bits per heavy atom. The molecule has 0 saturated heterocycles. The molecular weight excluding hydrogens is 368 g/mol. The Morgan fingerprint density at radius 2 is 1.86 bits per heavy atom. The number of aryl methyl sites for hydroxylation is 2. The van der Waals surface area contributed by atoms with Gasteiger partial charge in [-0.2, -0.15) is 5.10 Å². The fraction of sp³-hybridized carbons (Fsp3) is 0.318. The van der Waals surface area contributed by atoms with Crippen LogP contribution in [0.3, 0.4) is 0 Å². The van der Waals surface area contributed by atoms with Crippen molar-refractivity contribution in [3.8, 4) is 0 Å². The SMILES string of the molecule is CCc1ccc(CNC(=O)C(CC)n2nc(C)n3c(cc4occc43)c2=O)cc1. The summed E-state index contributed by atoms with van der Waals surface area (Å²) in [5.41, 5.74) is 3.83. The first kappa shape index (κ1) is 19.0. The molecule has 1 amide bonds. The van der Waals surface area contributed by atoms with Crippen LogP contribution < -0.4 is 10.9 Å². The third-order valence-electron chi connectivity index (χ3n) is 5.31. The summed E-state index contributed by atoms with van der Waals surface area (Å²) in [5.74, 6) is 0.401. The van der Waals surface area contributed by atoms with Gasteiger partial charge >= 0.3 is 0 Å². The smallest absolute Gasteiger partial charge is 0.291 e. The van der Waals surface area contributed by atoms with Crippen molar-refractivity contribution in [1.82, 2.24) is 19.5 Å². The molecule has 0 fully saturated rings. The Morgan fingerprint density at radius 1 is 1.14 bits per heavy atom. The first-order valence-electron chi connectivity index (χ1n) is 9.87. The van der Waals surface area contributed by atoms with E-state index in [1.807, 2.05) is 26.0 Å². The molecule has 1 unspecified atom stereocenters. The van der Waals surface area contributed by atoms with Gasteiger partial charge in [-0.05, 0) is 30.9 Å². The normalized spacial score (nSPS) is 12.5. The van der Waals surface area contributed by atoms with E-state index in [0.29, 0.717) is 29.9 Å². The maximum absolute atomic E-state index is 13.1. The number of carbonyl (C=O) groups is 1. The lowest BCUT2D eigenvalue weighted by Gasteiger charge is -2.18. The van der Waals surface area contributed by atoms with E-state index in [1.54, 1.807) is 22.8 Å². The molecule has 0 bridgehead atoms. The number of nitrogens with zero attached hydrogens (tertiary/aromatic N) is 3. The molecule has 150 valence electrons. The summed E-state index contributed by atoms with van der Waals surface area (Å²) < 4.78 is 8.47. The van der Waals surface area contributed by atoms with Crippen molar-refractivity contribution in [1.29, 1.82) is 0 Å². The molecule has 1 aromatic carbocycles. The summed E-state index contributed by atoms with van der Waals surface area (Å²) in [7, 11) is 0. The topological polar surface area (TPSA) is 81.5 Å². The highest BCUT2D eigenvalue weighted by molar-refractivity contribution is 5.83. The molecule has 0 aliphatic heterocycles. The number of rotatable bonds is 6. The molecule has 0 spiro atoms. The van der Waals surface area contributed by atoms with Gasteiger partial charge in [-0.25, -0.2) is 4.68 Å². The van der Waals surface area contributed by atoms with Crippen LogP contribution in [0.25, 0.3) is 16.6 Å². The molecule has 0 aliphatic rings. The number of carbonyl (C=O) groups excluding carboxylic acids is 1. The van der Waals surface area contributed by atoms with Crippen LogP contribution in [0.15, 0.2) is 51.9 Å². The van der Waals surface area contributed by atoms with E-state index >= 15 is 0 Å². The molecule has 4 rings (SSSR count). The maximum Gasteiger partial charge on any atom is 0.291 e. The van der Waals surface area contributed by atoms with Crippen molar-refractivity contribution < 1.29 is 9.21 Å². The summed E-state index contributed by atoms with van der Waals surface area (Å²) in [6.07, 6.45) is 3.02. The molecule has 7 heteroatoms. The molecule has 0 radical (unpaired) electrons. The second-order valence-corrected chi connectivity index (χ2v) is 7.14. The van der Waals surface area contributed by atoms with Crippen molar-refractivity contribution >= 4 is 22.5 Å². The second kappa shape index (κ2) is 7.58. The quantitative estimate of drug-likeness (QED) is 0.545. The number of amides is 1. The highest BCUT2D eigenvalue weighted by atomic mass is 16.3. The third-order valence-corrected chi connectivity index (χ3v) is 5.31. The fourth-order valence-corrected chi connectivity index (χ4v) is 3.68. The van der Waals surface area contributed by atoms with Gasteiger partial charge < -0.3 is 9.73 Å². The monoisotopic (exact) mass is 392 g/mol. The van der Waals surface area contributed by atoms with Gasteiger partial charge in [0.1, 0.15) is 17.4 Å². The lowest BCUT2D eigenvalue weighted by atomic mass is 10.1. The molecule has 3 aromatic heterocycles. The Kier molecular flexibility index (Phi) is 4.96. The minimum atomic E-state index is -0.678. The largest absolute Gasteiger partial charge is 0.463 e. The molecule has 0 saturated carbocycles. The molecule has 3 heterocycles. The van der Waals surface area contributed by atoms with Crippen LogP contribution in [0.1, 0.15) is 43.3 Å². The summed E-state index contributed by atoms with van der Waals surface area (Å²) >= 11 is 0. The number of aromatic nitrogens is 3. The van der Waals surface area contributed by atoms with Crippen LogP contribution in [0.5, 0.6) is 0 Å². The molecule has 1 N–H and O–H groups in total. The van der Waals surface area contributed by atoms with Crippen LogP contribution in [0, 0.1) is 6.92 Å². The van der Waals surface area contributed by atoms with Crippen molar-refractivity contribution in [2.75, 3.05) is 0 Å². The first-order chi connectivity index (χ1) is 14.0. The van der Waals surface area contributed by atoms with Crippen LogP contribution in [-0.4, -0.2) is 20.1 Å². The van der Waals surface area contributed by atoms with Gasteiger partial charge in [-0.3, -0.25) is 14.0 Å². The van der Waals surface area contributed by atoms with Gasteiger partial charge in [0.2, 0.25) is 5.91 Å². The Labute approximate surface area is 167 Å². The predicted molar refractivity (Wildman–Crippen MR) is 111 cm³/mol. The van der Waals surface area contributed by atoms with Gasteiger partial charge in [0.25, 0.3) is 5.56 Å². The zero-order chi connectivity index (χ0) is 20.5. The van der Waals surface area contributed by atoms with E-state index in [4.69, 9.17) is 4.42 Å². The summed E-state index contributed by atoms with van der Waals surface area (Å²) in [5, 5.41) is 7.38. The van der Waals surface area contributed by atoms with E-state index in [-0.39, 0.29) is 11.5 Å². The summed E-state index contributed by atoms with van der Waals surface area (Å²) in [6, 6.07) is 11.0. The minimum absolute atomic E-state index is 0.222. The number of hydrogen-bond acceptors (Lipinski definition) is 4. The van der Waals surface area contributed by atoms with Crippen molar-refractivity contribution in [3.05, 3.63) is 70.0 Å². The molecule has 7 nitrogen and oxygen atoms in total. The Hall–Kier alpha value is -3.35. The highest BCUT2D eigenvalue weighted by Crippen LogP contribution is 2.21. The average molecular weight is 392 g/mol. The van der Waals surface area contributed by atoms with Gasteiger partial charge in [0.15, 0.2) is 5.58 Å². The fourth-order valence-electron chi connectivity index (χ4n) is 3.68. The molecule has 29 heavy (non-hydrogen) atoms. The number of fused-ring (bicyclic) bond motifs is 3. The maximum atomic E-state index is 13.1. The van der Waals surface area contributed by atoms with Crippen molar-refractivity contribution in [2.24, 2.45) is 0 Å². The van der Waals surface area contributed by atoms with E-state index < -0.39 is 6.04 Å². The van der Waals surface area contributed by atoms with Crippen LogP contribution >= 0.6 is 0 Å². The second-order valence-electron chi connectivity index (χ2n) is 7.14. The zero-order valence-corrected chi connectivity index (χ0v) is 16.8. The third kappa shape index (κ3) is 3.33. The van der Waals surface area contributed by atoms with Crippen LogP contribution in [0.2, 0.25) is 0 Å². The highest BCUT2D eigenvalue weighted by Gasteiger charge is 2.23. The van der Waals surface area contributed by atoms with E-state index in [2.05, 4.69) is 29.5 Å². The first-order valence-corrected chi connectivity index (χ1v) is 9.87. The number of benzene rings is 1. The Balaban J connectivity index is 1.62. The lowest BCUT2D eigenvalue weighted by Crippen LogP contribution is -2.39. The van der Waals surface area contributed by atoms with Crippen LogP contribution in [0.4, 0.5) is 0 Å². The van der Waals surface area contributed by atoms with E-state index in [9.17, 15) is 9.59 Å². The molecule has 1 atom stereocenters. The number of furan rings is 1. The van der Waals surface area contributed by atoms with Gasteiger partial charge in [0, 0.05) is 18.7 Å². The van der Waals surface area contributed by atoms with E-state index in [0.717, 1.165) is 17.5 Å². The predicted octanol–water partition coefficient (Wildman–Crippen LogP) is 3.38. The van der Waals surface area contributed by atoms with Gasteiger partial charge in [-0.1, -0.05) is 38.1 Å².